The monoisotopic (exact) mass is 425 g/mol. The zero-order valence-corrected chi connectivity index (χ0v) is 17.9. The molecule has 1 aromatic heterocycles. The van der Waals surface area contributed by atoms with Crippen LogP contribution in [0.3, 0.4) is 0 Å². The van der Waals surface area contributed by atoms with Crippen LogP contribution in [0.25, 0.3) is 10.9 Å². The number of carbonyl (C=O) groups excluding carboxylic acids is 1. The Hall–Kier alpha value is -2.99. The van der Waals surface area contributed by atoms with Gasteiger partial charge in [0.1, 0.15) is 11.3 Å². The van der Waals surface area contributed by atoms with Crippen LogP contribution in [0.15, 0.2) is 53.5 Å². The van der Waals surface area contributed by atoms with Crippen LogP contribution in [-0.4, -0.2) is 48.2 Å². The number of amides is 1. The molecule has 0 atom stereocenters. The van der Waals surface area contributed by atoms with Crippen LogP contribution in [0.2, 0.25) is 5.02 Å². The molecule has 1 aliphatic rings. The van der Waals surface area contributed by atoms with Crippen LogP contribution < -0.4 is 15.1 Å². The van der Waals surface area contributed by atoms with Gasteiger partial charge in [-0.15, -0.1) is 0 Å². The van der Waals surface area contributed by atoms with E-state index in [4.69, 9.17) is 16.3 Å². The summed E-state index contributed by atoms with van der Waals surface area (Å²) < 4.78 is 7.35. The number of fused-ring (bicyclic) bond motifs is 1. The molecule has 1 aliphatic heterocycles. The third-order valence-electron chi connectivity index (χ3n) is 5.44. The van der Waals surface area contributed by atoms with Crippen molar-refractivity contribution in [2.45, 2.75) is 6.92 Å². The number of anilines is 1. The molecule has 2 aromatic carbocycles. The van der Waals surface area contributed by atoms with Gasteiger partial charge in [0.05, 0.1) is 17.5 Å². The van der Waals surface area contributed by atoms with Crippen molar-refractivity contribution in [1.29, 1.82) is 0 Å². The van der Waals surface area contributed by atoms with Crippen molar-refractivity contribution in [3.05, 3.63) is 69.5 Å². The van der Waals surface area contributed by atoms with Crippen LogP contribution >= 0.6 is 11.6 Å². The average Bonchev–Trinajstić information content (AvgIpc) is 2.76. The zero-order valence-electron chi connectivity index (χ0n) is 17.1. The Labute approximate surface area is 180 Å². The fourth-order valence-corrected chi connectivity index (χ4v) is 4.08. The molecule has 0 aliphatic carbocycles. The zero-order chi connectivity index (χ0) is 21.3. The minimum atomic E-state index is -0.257. The first-order valence-corrected chi connectivity index (χ1v) is 10.4. The van der Waals surface area contributed by atoms with Crippen LogP contribution in [0.4, 0.5) is 5.69 Å². The maximum absolute atomic E-state index is 13.2. The lowest BCUT2D eigenvalue weighted by atomic mass is 10.1. The first-order valence-electron chi connectivity index (χ1n) is 10.0. The fraction of sp³-hybridized carbons (Fsp3) is 0.304. The number of ether oxygens (including phenoxy) is 1. The Kier molecular flexibility index (Phi) is 5.68. The summed E-state index contributed by atoms with van der Waals surface area (Å²) >= 11 is 6.10. The minimum absolute atomic E-state index is 0.190. The van der Waals surface area contributed by atoms with E-state index < -0.39 is 0 Å². The molecule has 0 bridgehead atoms. The van der Waals surface area contributed by atoms with E-state index in [0.29, 0.717) is 48.9 Å². The van der Waals surface area contributed by atoms with Gasteiger partial charge in [-0.25, -0.2) is 0 Å². The second-order valence-electron chi connectivity index (χ2n) is 7.35. The summed E-state index contributed by atoms with van der Waals surface area (Å²) in [6.45, 7) is 4.88. The van der Waals surface area contributed by atoms with Gasteiger partial charge in [0.2, 0.25) is 5.43 Å². The highest BCUT2D eigenvalue weighted by atomic mass is 35.5. The van der Waals surface area contributed by atoms with Crippen molar-refractivity contribution in [2.24, 2.45) is 7.05 Å². The third-order valence-corrected chi connectivity index (χ3v) is 5.68. The number of piperazine rings is 1. The van der Waals surface area contributed by atoms with Crippen molar-refractivity contribution >= 4 is 34.1 Å². The largest absolute Gasteiger partial charge is 0.494 e. The normalized spacial score (nSPS) is 14.2. The number of halogens is 1. The first-order chi connectivity index (χ1) is 14.5. The van der Waals surface area contributed by atoms with Crippen LogP contribution in [0, 0.1) is 0 Å². The van der Waals surface area contributed by atoms with E-state index in [9.17, 15) is 9.59 Å². The molecule has 6 nitrogen and oxygen atoms in total. The van der Waals surface area contributed by atoms with E-state index >= 15 is 0 Å². The Balaban J connectivity index is 1.57. The Morgan fingerprint density at radius 2 is 1.87 bits per heavy atom. The van der Waals surface area contributed by atoms with Gasteiger partial charge in [0.15, 0.2) is 0 Å². The number of carbonyl (C=O) groups is 1. The Morgan fingerprint density at radius 3 is 2.57 bits per heavy atom. The van der Waals surface area contributed by atoms with Crippen LogP contribution in [0.5, 0.6) is 5.75 Å². The lowest BCUT2D eigenvalue weighted by Crippen LogP contribution is -2.49. The molecule has 0 unspecified atom stereocenters. The van der Waals surface area contributed by atoms with Gasteiger partial charge in [-0.3, -0.25) is 9.59 Å². The maximum Gasteiger partial charge on any atom is 0.259 e. The number of aryl methyl sites for hydroxylation is 1. The molecular weight excluding hydrogens is 402 g/mol. The van der Waals surface area contributed by atoms with Crippen molar-refractivity contribution in [3.8, 4) is 5.75 Å². The molecule has 156 valence electrons. The van der Waals surface area contributed by atoms with Gasteiger partial charge in [0.25, 0.3) is 5.91 Å². The highest BCUT2D eigenvalue weighted by molar-refractivity contribution is 6.30. The number of rotatable bonds is 4. The number of benzene rings is 2. The molecule has 0 saturated carbocycles. The minimum Gasteiger partial charge on any atom is -0.494 e. The summed E-state index contributed by atoms with van der Waals surface area (Å²) in [4.78, 5) is 30.2. The number of hydrogen-bond acceptors (Lipinski definition) is 4. The predicted molar refractivity (Wildman–Crippen MR) is 120 cm³/mol. The quantitative estimate of drug-likeness (QED) is 0.641. The van der Waals surface area contributed by atoms with E-state index in [1.165, 1.54) is 0 Å². The highest BCUT2D eigenvalue weighted by Gasteiger charge is 2.25. The van der Waals surface area contributed by atoms with Crippen molar-refractivity contribution in [3.63, 3.8) is 0 Å². The second-order valence-corrected chi connectivity index (χ2v) is 7.79. The maximum atomic E-state index is 13.2. The van der Waals surface area contributed by atoms with Crippen LogP contribution in [-0.2, 0) is 7.05 Å². The molecule has 4 rings (SSSR count). The summed E-state index contributed by atoms with van der Waals surface area (Å²) in [5.41, 5.74) is 1.74. The lowest BCUT2D eigenvalue weighted by molar-refractivity contribution is 0.0745. The van der Waals surface area contributed by atoms with Crippen LogP contribution in [0.1, 0.15) is 17.3 Å². The number of aromatic nitrogens is 1. The SMILES string of the molecule is CCOc1ccc2c(c1)c(=O)c(C(=O)N1CCN(c3cccc(Cl)c3)CC1)cn2C. The van der Waals surface area contributed by atoms with Crippen molar-refractivity contribution in [1.82, 2.24) is 9.47 Å². The molecule has 1 saturated heterocycles. The number of hydrogen-bond donors (Lipinski definition) is 0. The van der Waals surface area contributed by atoms with E-state index in [1.807, 2.05) is 54.9 Å². The van der Waals surface area contributed by atoms with Gasteiger partial charge >= 0.3 is 0 Å². The number of pyridine rings is 1. The van der Waals surface area contributed by atoms with Gasteiger partial charge in [-0.05, 0) is 43.3 Å². The highest BCUT2D eigenvalue weighted by Crippen LogP contribution is 2.22. The third kappa shape index (κ3) is 3.87. The second kappa shape index (κ2) is 8.40. The summed E-state index contributed by atoms with van der Waals surface area (Å²) in [5, 5.41) is 1.18. The molecule has 7 heteroatoms. The van der Waals surface area contributed by atoms with Gasteiger partial charge < -0.3 is 19.1 Å². The lowest BCUT2D eigenvalue weighted by Gasteiger charge is -2.36. The summed E-state index contributed by atoms with van der Waals surface area (Å²) in [7, 11) is 1.84. The smallest absolute Gasteiger partial charge is 0.259 e. The van der Waals surface area contributed by atoms with Gasteiger partial charge in [-0.2, -0.15) is 0 Å². The Morgan fingerprint density at radius 1 is 1.10 bits per heavy atom. The standard InChI is InChI=1S/C23H24ClN3O3/c1-3-30-18-7-8-21-19(14-18)22(28)20(15-25(21)2)23(29)27-11-9-26(10-12-27)17-6-4-5-16(24)13-17/h4-8,13-15H,3,9-12H2,1-2H3. The molecular formula is C23H24ClN3O3. The van der Waals surface area contributed by atoms with E-state index in [0.717, 1.165) is 11.2 Å². The molecule has 1 fully saturated rings. The van der Waals surface area contributed by atoms with Crippen molar-refractivity contribution < 1.29 is 9.53 Å². The molecule has 0 radical (unpaired) electrons. The molecule has 2 heterocycles. The van der Waals surface area contributed by atoms with E-state index in [-0.39, 0.29) is 16.9 Å². The van der Waals surface area contributed by atoms with Gasteiger partial charge in [0, 0.05) is 50.1 Å². The van der Waals surface area contributed by atoms with E-state index in [2.05, 4.69) is 4.90 Å². The summed E-state index contributed by atoms with van der Waals surface area (Å²) in [5.74, 6) is 0.395. The van der Waals surface area contributed by atoms with Crippen molar-refractivity contribution in [2.75, 3.05) is 37.7 Å². The molecule has 1 amide bonds. The summed E-state index contributed by atoms with van der Waals surface area (Å²) in [6.07, 6.45) is 1.64. The van der Waals surface area contributed by atoms with E-state index in [1.54, 1.807) is 17.2 Å². The molecule has 0 spiro atoms. The number of nitrogens with zero attached hydrogens (tertiary/aromatic N) is 3. The fourth-order valence-electron chi connectivity index (χ4n) is 3.89. The predicted octanol–water partition coefficient (Wildman–Crippen LogP) is 3.55. The molecule has 30 heavy (non-hydrogen) atoms. The molecule has 0 N–H and O–H groups in total. The topological polar surface area (TPSA) is 54.8 Å². The molecule has 3 aromatic rings. The Bertz CT molecular complexity index is 1150. The van der Waals surface area contributed by atoms with Gasteiger partial charge in [-0.1, -0.05) is 17.7 Å². The summed E-state index contributed by atoms with van der Waals surface area (Å²) in [6, 6.07) is 13.1. The first kappa shape index (κ1) is 20.3. The average molecular weight is 426 g/mol.